The van der Waals surface area contributed by atoms with Crippen LogP contribution in [-0.4, -0.2) is 41.4 Å². The Labute approximate surface area is 173 Å². The Kier molecular flexibility index (Phi) is 8.60. The molecule has 0 radical (unpaired) electrons. The maximum atomic E-state index is 12.7. The van der Waals surface area contributed by atoms with E-state index in [2.05, 4.69) is 15.6 Å². The molecule has 1 heterocycles. The fourth-order valence-electron chi connectivity index (χ4n) is 2.45. The molecule has 2 atom stereocenters. The van der Waals surface area contributed by atoms with Gasteiger partial charge in [-0.2, -0.15) is 11.8 Å². The molecule has 0 fully saturated rings. The molecule has 0 saturated carbocycles. The molecule has 8 heteroatoms. The zero-order chi connectivity index (χ0) is 19.8. The second kappa shape index (κ2) is 10.7. The monoisotopic (exact) mass is 425 g/mol. The van der Waals surface area contributed by atoms with Crippen molar-refractivity contribution in [2.45, 2.75) is 32.2 Å². The number of thioether (sulfide) groups is 1. The molecule has 146 valence electrons. The molecule has 0 aliphatic carbocycles. The Morgan fingerprint density at radius 1 is 1.33 bits per heavy atom. The normalized spacial score (nSPS) is 13.0. The number of halogens is 1. The fraction of sp³-hybridized carbons (Fsp3) is 0.421. The third kappa shape index (κ3) is 6.52. The summed E-state index contributed by atoms with van der Waals surface area (Å²) in [5.41, 5.74) is 1.35. The molecular formula is C19H24ClN3O2S2. The van der Waals surface area contributed by atoms with Crippen LogP contribution in [0.25, 0.3) is 0 Å². The van der Waals surface area contributed by atoms with Crippen LogP contribution >= 0.6 is 34.7 Å². The van der Waals surface area contributed by atoms with Crippen LogP contribution in [0.2, 0.25) is 5.02 Å². The summed E-state index contributed by atoms with van der Waals surface area (Å²) in [7, 11) is 0. The lowest BCUT2D eigenvalue weighted by Gasteiger charge is -2.19. The summed E-state index contributed by atoms with van der Waals surface area (Å²) in [5, 5.41) is 9.12. The van der Waals surface area contributed by atoms with E-state index in [0.29, 0.717) is 23.6 Å². The van der Waals surface area contributed by atoms with E-state index in [1.807, 2.05) is 25.5 Å². The summed E-state index contributed by atoms with van der Waals surface area (Å²) < 4.78 is 0. The number of carbonyl (C=O) groups excluding carboxylic acids is 2. The van der Waals surface area contributed by atoms with Crippen LogP contribution in [-0.2, 0) is 4.79 Å². The van der Waals surface area contributed by atoms with E-state index in [9.17, 15) is 9.59 Å². The predicted molar refractivity (Wildman–Crippen MR) is 114 cm³/mol. The second-order valence-corrected chi connectivity index (χ2v) is 8.54. The number of aromatic nitrogens is 1. The Hall–Kier alpha value is -1.57. The van der Waals surface area contributed by atoms with Gasteiger partial charge >= 0.3 is 0 Å². The van der Waals surface area contributed by atoms with Crippen LogP contribution in [0.3, 0.4) is 0 Å². The molecule has 0 spiro atoms. The number of carbonyl (C=O) groups is 2. The van der Waals surface area contributed by atoms with Crippen molar-refractivity contribution in [2.24, 2.45) is 0 Å². The quantitative estimate of drug-likeness (QED) is 0.639. The predicted octanol–water partition coefficient (Wildman–Crippen LogP) is 3.88. The van der Waals surface area contributed by atoms with Gasteiger partial charge in [0.15, 0.2) is 0 Å². The Morgan fingerprint density at radius 2 is 2.07 bits per heavy atom. The van der Waals surface area contributed by atoms with Crippen molar-refractivity contribution in [1.82, 2.24) is 15.6 Å². The number of nitrogens with zero attached hydrogens (tertiary/aromatic N) is 1. The third-order valence-corrected chi connectivity index (χ3v) is 6.16. The number of nitrogens with one attached hydrogen (secondary N) is 2. The first-order valence-corrected chi connectivity index (χ1v) is 11.3. The molecule has 27 heavy (non-hydrogen) atoms. The summed E-state index contributed by atoms with van der Waals surface area (Å²) in [6, 6.07) is 6.21. The molecule has 0 unspecified atom stereocenters. The summed E-state index contributed by atoms with van der Waals surface area (Å²) in [6.07, 6.45) is 2.52. The van der Waals surface area contributed by atoms with Crippen molar-refractivity contribution in [2.75, 3.05) is 18.6 Å². The molecule has 0 bridgehead atoms. The highest BCUT2D eigenvalue weighted by Gasteiger charge is 2.23. The molecule has 0 aliphatic rings. The number of hydrogen-bond donors (Lipinski definition) is 2. The molecule has 2 aromatic rings. The molecular weight excluding hydrogens is 402 g/mol. The van der Waals surface area contributed by atoms with E-state index in [1.165, 1.54) is 0 Å². The summed E-state index contributed by atoms with van der Waals surface area (Å²) >= 11 is 9.31. The maximum absolute atomic E-state index is 12.7. The van der Waals surface area contributed by atoms with Crippen LogP contribution in [0.1, 0.15) is 40.3 Å². The zero-order valence-electron chi connectivity index (χ0n) is 15.6. The second-order valence-electron chi connectivity index (χ2n) is 6.26. The molecule has 5 nitrogen and oxygen atoms in total. The lowest BCUT2D eigenvalue weighted by Crippen LogP contribution is -2.47. The van der Waals surface area contributed by atoms with E-state index in [-0.39, 0.29) is 17.7 Å². The van der Waals surface area contributed by atoms with Gasteiger partial charge in [0.2, 0.25) is 5.91 Å². The number of aryl methyl sites for hydroxylation is 1. The van der Waals surface area contributed by atoms with Gasteiger partial charge in [0.25, 0.3) is 5.91 Å². The number of hydrogen-bond acceptors (Lipinski definition) is 5. The summed E-state index contributed by atoms with van der Waals surface area (Å²) in [5.74, 6) is 0.352. The van der Waals surface area contributed by atoms with Crippen molar-refractivity contribution in [1.29, 1.82) is 0 Å². The number of benzene rings is 1. The van der Waals surface area contributed by atoms with Gasteiger partial charge < -0.3 is 10.6 Å². The highest BCUT2D eigenvalue weighted by Crippen LogP contribution is 2.19. The highest BCUT2D eigenvalue weighted by molar-refractivity contribution is 7.98. The molecule has 2 amide bonds. The van der Waals surface area contributed by atoms with Crippen LogP contribution in [0.4, 0.5) is 0 Å². The van der Waals surface area contributed by atoms with E-state index >= 15 is 0 Å². The van der Waals surface area contributed by atoms with E-state index in [1.54, 1.807) is 47.4 Å². The molecule has 0 aliphatic heterocycles. The Bertz CT molecular complexity index is 782. The van der Waals surface area contributed by atoms with Crippen molar-refractivity contribution >= 4 is 46.5 Å². The van der Waals surface area contributed by atoms with E-state index in [0.717, 1.165) is 16.5 Å². The Balaban J connectivity index is 1.98. The highest BCUT2D eigenvalue weighted by atomic mass is 35.5. The van der Waals surface area contributed by atoms with E-state index < -0.39 is 6.04 Å². The smallest absolute Gasteiger partial charge is 0.253 e. The van der Waals surface area contributed by atoms with Crippen LogP contribution < -0.4 is 10.6 Å². The summed E-state index contributed by atoms with van der Waals surface area (Å²) in [4.78, 5) is 29.6. The molecule has 0 saturated heterocycles. The fourth-order valence-corrected chi connectivity index (χ4v) is 4.00. The SMILES string of the molecule is CSCC[C@H](NC(=O)c1ccccc1Cl)C(=O)NC[C@H](C)c1nc(C)cs1. The largest absolute Gasteiger partial charge is 0.354 e. The van der Waals surface area contributed by atoms with Crippen LogP contribution in [0.15, 0.2) is 29.6 Å². The van der Waals surface area contributed by atoms with Crippen molar-refractivity contribution in [3.63, 3.8) is 0 Å². The van der Waals surface area contributed by atoms with E-state index in [4.69, 9.17) is 11.6 Å². The first-order valence-electron chi connectivity index (χ1n) is 8.66. The topological polar surface area (TPSA) is 71.1 Å². The minimum atomic E-state index is -0.605. The average Bonchev–Trinajstić information content (AvgIpc) is 3.09. The molecule has 2 rings (SSSR count). The van der Waals surface area contributed by atoms with Gasteiger partial charge in [0.05, 0.1) is 15.6 Å². The van der Waals surface area contributed by atoms with Gasteiger partial charge in [0.1, 0.15) is 6.04 Å². The van der Waals surface area contributed by atoms with Gasteiger partial charge in [-0.25, -0.2) is 4.98 Å². The van der Waals surface area contributed by atoms with Crippen molar-refractivity contribution < 1.29 is 9.59 Å². The van der Waals surface area contributed by atoms with Gasteiger partial charge in [-0.1, -0.05) is 30.7 Å². The first kappa shape index (κ1) is 21.7. The standard InChI is InChI=1S/C19H24ClN3O2S2/c1-12(19-22-13(2)11-27-19)10-21-18(25)16(8-9-26-3)23-17(24)14-6-4-5-7-15(14)20/h4-7,11-12,16H,8-10H2,1-3H3,(H,21,25)(H,23,24)/t12-,16-/m0/s1. The number of rotatable bonds is 9. The zero-order valence-corrected chi connectivity index (χ0v) is 18.0. The van der Waals surface area contributed by atoms with Crippen LogP contribution in [0, 0.1) is 6.92 Å². The molecule has 2 N–H and O–H groups in total. The Morgan fingerprint density at radius 3 is 2.70 bits per heavy atom. The van der Waals surface area contributed by atoms with Gasteiger partial charge in [-0.15, -0.1) is 11.3 Å². The molecule has 1 aromatic heterocycles. The number of thiazole rings is 1. The summed E-state index contributed by atoms with van der Waals surface area (Å²) in [6.45, 7) is 4.45. The van der Waals surface area contributed by atoms with Crippen molar-refractivity contribution in [3.05, 3.63) is 50.9 Å². The van der Waals surface area contributed by atoms with Gasteiger partial charge in [0, 0.05) is 23.5 Å². The van der Waals surface area contributed by atoms with Gasteiger partial charge in [-0.05, 0) is 37.5 Å². The minimum absolute atomic E-state index is 0.119. The number of amides is 2. The lowest BCUT2D eigenvalue weighted by atomic mass is 10.1. The van der Waals surface area contributed by atoms with Crippen molar-refractivity contribution in [3.8, 4) is 0 Å². The minimum Gasteiger partial charge on any atom is -0.354 e. The van der Waals surface area contributed by atoms with Gasteiger partial charge in [-0.3, -0.25) is 9.59 Å². The maximum Gasteiger partial charge on any atom is 0.253 e. The first-order chi connectivity index (χ1) is 12.9. The van der Waals surface area contributed by atoms with Crippen LogP contribution in [0.5, 0.6) is 0 Å². The lowest BCUT2D eigenvalue weighted by molar-refractivity contribution is -0.123. The third-order valence-electron chi connectivity index (χ3n) is 3.99. The molecule has 1 aromatic carbocycles. The average molecular weight is 426 g/mol.